The second-order valence-electron chi connectivity index (χ2n) is 4.20. The van der Waals surface area contributed by atoms with E-state index in [4.69, 9.17) is 4.74 Å². The molecule has 0 saturated carbocycles. The van der Waals surface area contributed by atoms with Gasteiger partial charge in [-0.25, -0.2) is 14.6 Å². The van der Waals surface area contributed by atoms with Gasteiger partial charge in [0, 0.05) is 6.20 Å². The van der Waals surface area contributed by atoms with Crippen molar-refractivity contribution < 1.29 is 19.1 Å². The van der Waals surface area contributed by atoms with Crippen molar-refractivity contribution in [1.82, 2.24) is 4.98 Å². The maximum atomic E-state index is 11.9. The number of aromatic nitrogens is 1. The predicted octanol–water partition coefficient (Wildman–Crippen LogP) is 3.38. The van der Waals surface area contributed by atoms with Gasteiger partial charge in [0.2, 0.25) is 0 Å². The van der Waals surface area contributed by atoms with Crippen LogP contribution in [0.15, 0.2) is 47.2 Å². The molecule has 1 N–H and O–H groups in total. The number of carbonyl (C=O) groups is 2. The highest BCUT2D eigenvalue weighted by Gasteiger charge is 2.18. The third-order valence-electron chi connectivity index (χ3n) is 2.75. The van der Waals surface area contributed by atoms with Crippen LogP contribution in [0.3, 0.4) is 0 Å². The van der Waals surface area contributed by atoms with E-state index in [0.717, 1.165) is 5.56 Å². The van der Waals surface area contributed by atoms with Crippen LogP contribution < -0.4 is 5.32 Å². The number of amides is 1. The first-order chi connectivity index (χ1) is 10.6. The first-order valence-electron chi connectivity index (χ1n) is 6.32. The van der Waals surface area contributed by atoms with E-state index in [1.54, 1.807) is 0 Å². The molecule has 1 heterocycles. The third-order valence-corrected chi connectivity index (χ3v) is 3.35. The van der Waals surface area contributed by atoms with Crippen molar-refractivity contribution in [3.05, 3.63) is 58.3 Å². The molecule has 2 rings (SSSR count). The molecular weight excluding hydrogens is 352 g/mol. The quantitative estimate of drug-likeness (QED) is 0.664. The smallest absolute Gasteiger partial charge is 0.412 e. The number of carbonyl (C=O) groups excluding carboxylic acids is 2. The summed E-state index contributed by atoms with van der Waals surface area (Å²) in [6.45, 7) is 0.123. The second-order valence-corrected chi connectivity index (χ2v) is 4.95. The van der Waals surface area contributed by atoms with E-state index in [1.807, 2.05) is 30.3 Å². The molecule has 2 aromatic rings. The van der Waals surface area contributed by atoms with Gasteiger partial charge in [0.05, 0.1) is 18.4 Å². The Kier molecular flexibility index (Phi) is 5.48. The number of benzene rings is 1. The summed E-state index contributed by atoms with van der Waals surface area (Å²) in [5.41, 5.74) is 1.24. The van der Waals surface area contributed by atoms with Crippen molar-refractivity contribution in [1.29, 1.82) is 0 Å². The molecular formula is C15H13BrN2O4. The number of hydrogen-bond donors (Lipinski definition) is 1. The number of methoxy groups -OCH3 is 1. The normalized spacial score (nSPS) is 9.91. The van der Waals surface area contributed by atoms with E-state index in [9.17, 15) is 9.59 Å². The molecule has 0 atom stereocenters. The fourth-order valence-corrected chi connectivity index (χ4v) is 2.13. The maximum Gasteiger partial charge on any atom is 0.412 e. The van der Waals surface area contributed by atoms with Crippen molar-refractivity contribution in [2.45, 2.75) is 6.61 Å². The minimum atomic E-state index is -0.692. The Morgan fingerprint density at radius 2 is 1.95 bits per heavy atom. The van der Waals surface area contributed by atoms with Crippen molar-refractivity contribution in [2.24, 2.45) is 0 Å². The Morgan fingerprint density at radius 1 is 1.23 bits per heavy atom. The topological polar surface area (TPSA) is 77.5 Å². The summed E-state index contributed by atoms with van der Waals surface area (Å²) in [7, 11) is 1.26. The van der Waals surface area contributed by atoms with Crippen molar-refractivity contribution in [3.63, 3.8) is 0 Å². The molecule has 6 nitrogen and oxygen atoms in total. The van der Waals surface area contributed by atoms with E-state index in [-0.39, 0.29) is 17.9 Å². The van der Waals surface area contributed by atoms with Crippen molar-refractivity contribution in [3.8, 4) is 0 Å². The second kappa shape index (κ2) is 7.56. The number of anilines is 1. The van der Waals surface area contributed by atoms with E-state index < -0.39 is 12.1 Å². The summed E-state index contributed by atoms with van der Waals surface area (Å²) in [5, 5.41) is 2.49. The van der Waals surface area contributed by atoms with Gasteiger partial charge in [-0.15, -0.1) is 0 Å². The number of nitrogens with zero attached hydrogens (tertiary/aromatic N) is 1. The minimum Gasteiger partial charge on any atom is -0.465 e. The number of rotatable bonds is 4. The number of esters is 1. The predicted molar refractivity (Wildman–Crippen MR) is 83.5 cm³/mol. The summed E-state index contributed by atoms with van der Waals surface area (Å²) in [5.74, 6) is -0.582. The molecule has 22 heavy (non-hydrogen) atoms. The van der Waals surface area contributed by atoms with Crippen LogP contribution in [0.25, 0.3) is 0 Å². The summed E-state index contributed by atoms with van der Waals surface area (Å²) in [4.78, 5) is 27.5. The van der Waals surface area contributed by atoms with Gasteiger partial charge in [0.25, 0.3) is 0 Å². The summed E-state index contributed by atoms with van der Waals surface area (Å²) in [6.07, 6.45) is 0.735. The van der Waals surface area contributed by atoms with Crippen LogP contribution in [0, 0.1) is 0 Å². The summed E-state index contributed by atoms with van der Waals surface area (Å²) < 4.78 is 10.1. The van der Waals surface area contributed by atoms with Crippen LogP contribution in [0.5, 0.6) is 0 Å². The molecule has 114 valence electrons. The first-order valence-corrected chi connectivity index (χ1v) is 7.11. The van der Waals surface area contributed by atoms with Gasteiger partial charge < -0.3 is 9.47 Å². The largest absolute Gasteiger partial charge is 0.465 e. The highest BCUT2D eigenvalue weighted by molar-refractivity contribution is 9.10. The lowest BCUT2D eigenvalue weighted by Crippen LogP contribution is -2.17. The fourth-order valence-electron chi connectivity index (χ4n) is 1.70. The lowest BCUT2D eigenvalue weighted by atomic mass is 10.2. The highest BCUT2D eigenvalue weighted by Crippen LogP contribution is 2.25. The third kappa shape index (κ3) is 4.05. The van der Waals surface area contributed by atoms with E-state index in [2.05, 4.69) is 31.0 Å². The molecule has 0 aliphatic carbocycles. The van der Waals surface area contributed by atoms with Gasteiger partial charge in [-0.3, -0.25) is 5.32 Å². The zero-order valence-corrected chi connectivity index (χ0v) is 13.3. The average Bonchev–Trinajstić information content (AvgIpc) is 2.55. The van der Waals surface area contributed by atoms with E-state index >= 15 is 0 Å². The Hall–Kier alpha value is -2.41. The fraction of sp³-hybridized carbons (Fsp3) is 0.133. The zero-order chi connectivity index (χ0) is 15.9. The SMILES string of the molecule is COC(=O)c1ccnc(Br)c1NC(=O)OCc1ccccc1. The molecule has 0 unspecified atom stereocenters. The molecule has 0 saturated heterocycles. The van der Waals surface area contributed by atoms with Crippen LogP contribution >= 0.6 is 15.9 Å². The van der Waals surface area contributed by atoms with Crippen LogP contribution in [0.1, 0.15) is 15.9 Å². The number of ether oxygens (including phenoxy) is 2. The monoisotopic (exact) mass is 364 g/mol. The van der Waals surface area contributed by atoms with Crippen LogP contribution in [0.4, 0.5) is 10.5 Å². The van der Waals surface area contributed by atoms with Crippen molar-refractivity contribution >= 4 is 33.7 Å². The lowest BCUT2D eigenvalue weighted by Gasteiger charge is -2.11. The zero-order valence-electron chi connectivity index (χ0n) is 11.7. The molecule has 0 bridgehead atoms. The maximum absolute atomic E-state index is 11.9. The van der Waals surface area contributed by atoms with Gasteiger partial charge in [0.1, 0.15) is 11.2 Å². The Morgan fingerprint density at radius 3 is 2.64 bits per heavy atom. The molecule has 1 aromatic heterocycles. The number of pyridine rings is 1. The van der Waals surface area contributed by atoms with Crippen LogP contribution in [0.2, 0.25) is 0 Å². The molecule has 1 amide bonds. The van der Waals surface area contributed by atoms with Gasteiger partial charge in [-0.2, -0.15) is 0 Å². The molecule has 0 aliphatic rings. The summed E-state index contributed by atoms with van der Waals surface area (Å²) in [6, 6.07) is 10.7. The lowest BCUT2D eigenvalue weighted by molar-refractivity contribution is 0.0601. The Labute approximate surface area is 135 Å². The molecule has 0 radical (unpaired) electrons. The molecule has 0 aliphatic heterocycles. The number of hydrogen-bond acceptors (Lipinski definition) is 5. The van der Waals surface area contributed by atoms with Gasteiger partial charge >= 0.3 is 12.1 Å². The number of halogens is 1. The summed E-state index contributed by atoms with van der Waals surface area (Å²) >= 11 is 3.18. The standard InChI is InChI=1S/C15H13BrN2O4/c1-21-14(19)11-7-8-17-13(16)12(11)18-15(20)22-9-10-5-3-2-4-6-10/h2-8H,9H2,1H3,(H,18,20). The molecule has 0 spiro atoms. The van der Waals surface area contributed by atoms with Gasteiger partial charge in [-0.1, -0.05) is 30.3 Å². The molecule has 0 fully saturated rings. The minimum absolute atomic E-state index is 0.123. The van der Waals surface area contributed by atoms with E-state index in [0.29, 0.717) is 4.60 Å². The first kappa shape index (κ1) is 16.0. The molecule has 1 aromatic carbocycles. The number of nitrogens with one attached hydrogen (secondary N) is 1. The van der Waals surface area contributed by atoms with E-state index in [1.165, 1.54) is 19.4 Å². The van der Waals surface area contributed by atoms with Crippen LogP contribution in [-0.4, -0.2) is 24.2 Å². The average molecular weight is 365 g/mol. The highest BCUT2D eigenvalue weighted by atomic mass is 79.9. The van der Waals surface area contributed by atoms with Gasteiger partial charge in [0.15, 0.2) is 0 Å². The Balaban J connectivity index is 2.07. The Bertz CT molecular complexity index is 676. The van der Waals surface area contributed by atoms with Crippen molar-refractivity contribution in [2.75, 3.05) is 12.4 Å². The van der Waals surface area contributed by atoms with Crippen LogP contribution in [-0.2, 0) is 16.1 Å². The van der Waals surface area contributed by atoms with Gasteiger partial charge in [-0.05, 0) is 27.6 Å². The molecule has 7 heteroatoms.